The summed E-state index contributed by atoms with van der Waals surface area (Å²) in [5.41, 5.74) is -2.14. The van der Waals surface area contributed by atoms with Crippen molar-refractivity contribution in [3.63, 3.8) is 0 Å². The van der Waals surface area contributed by atoms with Crippen LogP contribution in [0.5, 0.6) is 0 Å². The van der Waals surface area contributed by atoms with Gasteiger partial charge in [-0.1, -0.05) is 13.8 Å². The monoisotopic (exact) mass is 286 g/mol. The van der Waals surface area contributed by atoms with Gasteiger partial charge in [0, 0.05) is 0 Å². The minimum atomic E-state index is -4.59. The molecule has 0 fully saturated rings. The van der Waals surface area contributed by atoms with E-state index in [1.807, 2.05) is 0 Å². The molecule has 1 atom stereocenters. The topological polar surface area (TPSA) is 72.8 Å². The highest BCUT2D eigenvalue weighted by Crippen LogP contribution is 2.31. The molecule has 0 aromatic rings. The molecule has 0 spiro atoms. The van der Waals surface area contributed by atoms with Crippen LogP contribution in [-0.2, 0) is 19.1 Å². The second kappa shape index (κ2) is 6.74. The Morgan fingerprint density at radius 1 is 1.21 bits per heavy atom. The van der Waals surface area contributed by atoms with Gasteiger partial charge >= 0.3 is 18.1 Å². The average molecular weight is 286 g/mol. The lowest BCUT2D eigenvalue weighted by Gasteiger charge is -2.30. The summed E-state index contributed by atoms with van der Waals surface area (Å²) in [6.45, 7) is 1.71. The number of halogens is 3. The van der Waals surface area contributed by atoms with Crippen molar-refractivity contribution in [3.05, 3.63) is 0 Å². The van der Waals surface area contributed by atoms with E-state index >= 15 is 0 Å². The predicted molar refractivity (Wildman–Crippen MR) is 58.4 cm³/mol. The first-order chi connectivity index (χ1) is 8.58. The van der Waals surface area contributed by atoms with Crippen LogP contribution in [0.3, 0.4) is 0 Å². The van der Waals surface area contributed by atoms with Crippen LogP contribution in [0.25, 0.3) is 0 Å². The van der Waals surface area contributed by atoms with Gasteiger partial charge in [-0.05, 0) is 12.8 Å². The van der Waals surface area contributed by atoms with Gasteiger partial charge in [-0.25, -0.2) is 0 Å². The van der Waals surface area contributed by atoms with Gasteiger partial charge in [0.2, 0.25) is 0 Å². The minimum Gasteiger partial charge on any atom is -0.480 e. The number of carboxylic acid groups (broad SMARTS) is 1. The number of alkyl halides is 3. The molecule has 0 aliphatic carbocycles. The first-order valence-corrected chi connectivity index (χ1v) is 5.63. The highest BCUT2D eigenvalue weighted by atomic mass is 19.4. The van der Waals surface area contributed by atoms with Gasteiger partial charge < -0.3 is 14.6 Å². The van der Waals surface area contributed by atoms with Gasteiger partial charge in [0.25, 0.3) is 0 Å². The lowest BCUT2D eigenvalue weighted by molar-refractivity contribution is -0.197. The highest BCUT2D eigenvalue weighted by Gasteiger charge is 2.51. The van der Waals surface area contributed by atoms with Crippen LogP contribution in [-0.4, -0.2) is 43.0 Å². The zero-order chi connectivity index (χ0) is 15.3. The van der Waals surface area contributed by atoms with Gasteiger partial charge in [-0.15, -0.1) is 0 Å². The Bertz CT molecular complexity index is 327. The van der Waals surface area contributed by atoms with Crippen LogP contribution in [0.4, 0.5) is 13.2 Å². The maximum absolute atomic E-state index is 12.0. The van der Waals surface area contributed by atoms with Crippen molar-refractivity contribution in [1.82, 2.24) is 0 Å². The maximum Gasteiger partial charge on any atom is 0.411 e. The molecule has 0 aromatic carbocycles. The van der Waals surface area contributed by atoms with E-state index in [1.165, 1.54) is 20.8 Å². The molecule has 1 unspecified atom stereocenters. The molecule has 0 saturated carbocycles. The third-order valence-electron chi connectivity index (χ3n) is 2.60. The molecular weight excluding hydrogens is 269 g/mol. The zero-order valence-corrected chi connectivity index (χ0v) is 10.9. The Balaban J connectivity index is 5.04. The summed E-state index contributed by atoms with van der Waals surface area (Å²) >= 11 is 0. The largest absolute Gasteiger partial charge is 0.480 e. The van der Waals surface area contributed by atoms with E-state index < -0.39 is 42.7 Å². The fourth-order valence-electron chi connectivity index (χ4n) is 1.44. The van der Waals surface area contributed by atoms with E-state index in [0.717, 1.165) is 0 Å². The van der Waals surface area contributed by atoms with Crippen molar-refractivity contribution < 1.29 is 37.3 Å². The molecule has 0 aromatic heterocycles. The van der Waals surface area contributed by atoms with E-state index in [4.69, 9.17) is 5.11 Å². The van der Waals surface area contributed by atoms with Gasteiger partial charge in [0.15, 0.2) is 5.41 Å². The first-order valence-electron chi connectivity index (χ1n) is 5.63. The standard InChI is InChI=1S/C11H17F3O5/c1-4-19-9(17)10(7(2)3,8(15)16)5-18-6-11(12,13)14/h7H,4-6H2,1-3H3,(H,15,16). The summed E-state index contributed by atoms with van der Waals surface area (Å²) in [4.78, 5) is 23.0. The molecule has 0 bridgehead atoms. The fraction of sp³-hybridized carbons (Fsp3) is 0.818. The first kappa shape index (κ1) is 17.7. The highest BCUT2D eigenvalue weighted by molar-refractivity contribution is 5.99. The Hall–Kier alpha value is -1.31. The molecular formula is C11H17F3O5. The quantitative estimate of drug-likeness (QED) is 0.571. The Morgan fingerprint density at radius 2 is 1.74 bits per heavy atom. The number of carbonyl (C=O) groups excluding carboxylic acids is 1. The summed E-state index contributed by atoms with van der Waals surface area (Å²) < 4.78 is 45.0. The lowest BCUT2D eigenvalue weighted by Crippen LogP contribution is -2.49. The smallest absolute Gasteiger partial charge is 0.411 e. The summed E-state index contributed by atoms with van der Waals surface area (Å²) in [7, 11) is 0. The average Bonchev–Trinajstić information content (AvgIpc) is 2.21. The van der Waals surface area contributed by atoms with Crippen molar-refractivity contribution in [2.24, 2.45) is 11.3 Å². The van der Waals surface area contributed by atoms with Crippen LogP contribution in [0.15, 0.2) is 0 Å². The number of carbonyl (C=O) groups is 2. The second-order valence-corrected chi connectivity index (χ2v) is 4.26. The molecule has 19 heavy (non-hydrogen) atoms. The molecule has 1 N–H and O–H groups in total. The summed E-state index contributed by atoms with van der Waals surface area (Å²) in [5, 5.41) is 9.16. The number of rotatable bonds is 7. The second-order valence-electron chi connectivity index (χ2n) is 4.26. The number of carboxylic acids is 1. The van der Waals surface area contributed by atoms with Gasteiger partial charge in [0.1, 0.15) is 6.61 Å². The third kappa shape index (κ3) is 4.70. The Kier molecular flexibility index (Phi) is 6.28. The number of ether oxygens (including phenoxy) is 2. The third-order valence-corrected chi connectivity index (χ3v) is 2.60. The number of esters is 1. The molecule has 0 rings (SSSR count). The number of hydrogen-bond acceptors (Lipinski definition) is 4. The molecule has 0 radical (unpaired) electrons. The van der Waals surface area contributed by atoms with E-state index in [0.29, 0.717) is 0 Å². The predicted octanol–water partition coefficient (Wildman–Crippen LogP) is 1.86. The van der Waals surface area contributed by atoms with Crippen LogP contribution in [0.2, 0.25) is 0 Å². The Labute approximate surface area is 108 Å². The summed E-state index contributed by atoms with van der Waals surface area (Å²) in [6.07, 6.45) is -4.59. The molecule has 112 valence electrons. The van der Waals surface area contributed by atoms with Crippen molar-refractivity contribution >= 4 is 11.9 Å². The van der Waals surface area contributed by atoms with E-state index in [2.05, 4.69) is 9.47 Å². The van der Waals surface area contributed by atoms with Crippen molar-refractivity contribution in [2.45, 2.75) is 26.9 Å². The molecule has 0 heterocycles. The van der Waals surface area contributed by atoms with Crippen molar-refractivity contribution in [1.29, 1.82) is 0 Å². The SMILES string of the molecule is CCOC(=O)C(COCC(F)(F)F)(C(=O)O)C(C)C. The minimum absolute atomic E-state index is 0.0696. The molecule has 8 heteroatoms. The van der Waals surface area contributed by atoms with E-state index in [-0.39, 0.29) is 6.61 Å². The van der Waals surface area contributed by atoms with Crippen LogP contribution in [0.1, 0.15) is 20.8 Å². The Morgan fingerprint density at radius 3 is 2.05 bits per heavy atom. The lowest BCUT2D eigenvalue weighted by atomic mass is 9.78. The zero-order valence-electron chi connectivity index (χ0n) is 10.9. The van der Waals surface area contributed by atoms with Crippen molar-refractivity contribution in [3.8, 4) is 0 Å². The summed E-state index contributed by atoms with van der Waals surface area (Å²) in [6, 6.07) is 0. The van der Waals surface area contributed by atoms with Gasteiger partial charge in [-0.2, -0.15) is 13.2 Å². The fourth-order valence-corrected chi connectivity index (χ4v) is 1.44. The number of aliphatic carboxylic acids is 1. The molecule has 0 aliphatic heterocycles. The molecule has 0 saturated heterocycles. The summed E-state index contributed by atoms with van der Waals surface area (Å²) in [5.74, 6) is -3.44. The molecule has 0 aliphatic rings. The van der Waals surface area contributed by atoms with Gasteiger partial charge in [-0.3, -0.25) is 9.59 Å². The maximum atomic E-state index is 12.0. The van der Waals surface area contributed by atoms with Crippen LogP contribution < -0.4 is 0 Å². The molecule has 0 amide bonds. The number of hydrogen-bond donors (Lipinski definition) is 1. The van der Waals surface area contributed by atoms with Crippen LogP contribution in [0, 0.1) is 11.3 Å². The molecule has 5 nitrogen and oxygen atoms in total. The van der Waals surface area contributed by atoms with Crippen LogP contribution >= 0.6 is 0 Å². The van der Waals surface area contributed by atoms with E-state index in [1.54, 1.807) is 0 Å². The van der Waals surface area contributed by atoms with Crippen molar-refractivity contribution in [2.75, 3.05) is 19.8 Å². The van der Waals surface area contributed by atoms with Gasteiger partial charge in [0.05, 0.1) is 13.2 Å². The normalized spacial score (nSPS) is 15.1. The van der Waals surface area contributed by atoms with E-state index in [9.17, 15) is 22.8 Å².